The first kappa shape index (κ1) is 20.8. The van der Waals surface area contributed by atoms with Gasteiger partial charge in [-0.15, -0.1) is 5.92 Å². The van der Waals surface area contributed by atoms with E-state index in [-0.39, 0.29) is 28.8 Å². The van der Waals surface area contributed by atoms with Crippen LogP contribution in [0.4, 0.5) is 0 Å². The number of likely N-dealkylation sites (tertiary alicyclic amines) is 1. The van der Waals surface area contributed by atoms with E-state index in [2.05, 4.69) is 11.8 Å². The molecule has 5 nitrogen and oxygen atoms in total. The van der Waals surface area contributed by atoms with E-state index in [1.54, 1.807) is 6.92 Å². The summed E-state index contributed by atoms with van der Waals surface area (Å²) in [5.41, 5.74) is 3.40. The molecule has 0 atom stereocenters. The van der Waals surface area contributed by atoms with Crippen molar-refractivity contribution >= 4 is 17.5 Å². The molecule has 1 aromatic rings. The van der Waals surface area contributed by atoms with Gasteiger partial charge in [-0.1, -0.05) is 5.92 Å². The van der Waals surface area contributed by atoms with Crippen LogP contribution in [-0.2, 0) is 19.1 Å². The summed E-state index contributed by atoms with van der Waals surface area (Å²) >= 11 is 0. The minimum Gasteiger partial charge on any atom is -0.380 e. The second-order valence-corrected chi connectivity index (χ2v) is 9.18. The predicted molar refractivity (Wildman–Crippen MR) is 113 cm³/mol. The molecule has 4 rings (SSSR count). The zero-order valence-electron chi connectivity index (χ0n) is 18.0. The first-order chi connectivity index (χ1) is 14.3. The Morgan fingerprint density at radius 2 is 1.63 bits per heavy atom. The number of amides is 1. The number of piperidine rings is 1. The molecule has 0 aromatic heterocycles. The van der Waals surface area contributed by atoms with Crippen molar-refractivity contribution in [3.8, 4) is 11.8 Å². The molecule has 1 amide bonds. The maximum Gasteiger partial charge on any atom is 0.230 e. The van der Waals surface area contributed by atoms with Crippen LogP contribution in [0.25, 0.3) is 0 Å². The van der Waals surface area contributed by atoms with Gasteiger partial charge < -0.3 is 9.64 Å². The van der Waals surface area contributed by atoms with Crippen molar-refractivity contribution in [2.75, 3.05) is 26.3 Å². The fraction of sp³-hybridized carbons (Fsp3) is 0.560. The van der Waals surface area contributed by atoms with E-state index in [0.29, 0.717) is 39.1 Å². The molecule has 2 aliphatic heterocycles. The van der Waals surface area contributed by atoms with Crippen molar-refractivity contribution in [3.05, 3.63) is 34.4 Å². The van der Waals surface area contributed by atoms with Crippen LogP contribution in [0, 0.1) is 37.0 Å². The number of ether oxygens (including phenoxy) is 1. The van der Waals surface area contributed by atoms with E-state index in [4.69, 9.17) is 4.74 Å². The number of hydrogen-bond acceptors (Lipinski definition) is 4. The highest BCUT2D eigenvalue weighted by molar-refractivity contribution is 6.10. The summed E-state index contributed by atoms with van der Waals surface area (Å²) in [6.45, 7) is 8.00. The van der Waals surface area contributed by atoms with Crippen LogP contribution in [-0.4, -0.2) is 48.7 Å². The summed E-state index contributed by atoms with van der Waals surface area (Å²) in [6.07, 6.45) is 2.29. The summed E-state index contributed by atoms with van der Waals surface area (Å²) in [5, 5.41) is 0. The highest BCUT2D eigenvalue weighted by atomic mass is 16.5. The Hall–Kier alpha value is -2.45. The Kier molecular flexibility index (Phi) is 5.55. The van der Waals surface area contributed by atoms with E-state index in [9.17, 15) is 14.4 Å². The summed E-state index contributed by atoms with van der Waals surface area (Å²) in [4.78, 5) is 40.8. The Morgan fingerprint density at radius 1 is 1.07 bits per heavy atom. The maximum absolute atomic E-state index is 13.2. The molecule has 3 aliphatic rings. The van der Waals surface area contributed by atoms with Gasteiger partial charge in [0.15, 0.2) is 0 Å². The second kappa shape index (κ2) is 8.00. The molecule has 5 heteroatoms. The predicted octanol–water partition coefficient (Wildman–Crippen LogP) is 2.95. The number of ketones is 2. The SMILES string of the molecule is CC#Cc1cc(C)c(C2C(=O)CC3(CCN(C(=O)C4COC4)CC3)CC2=O)c(C)c1. The lowest BCUT2D eigenvalue weighted by Gasteiger charge is -2.45. The monoisotopic (exact) mass is 407 g/mol. The highest BCUT2D eigenvalue weighted by Gasteiger charge is 2.48. The molecule has 1 spiro atoms. The second-order valence-electron chi connectivity index (χ2n) is 9.18. The van der Waals surface area contributed by atoms with Gasteiger partial charge in [-0.3, -0.25) is 14.4 Å². The van der Waals surface area contributed by atoms with Gasteiger partial charge in [-0.25, -0.2) is 0 Å². The average molecular weight is 408 g/mol. The molecule has 0 unspecified atom stereocenters. The topological polar surface area (TPSA) is 63.7 Å². The number of aryl methyl sites for hydroxylation is 2. The number of nitrogens with zero attached hydrogens (tertiary/aromatic N) is 1. The molecule has 0 N–H and O–H groups in total. The van der Waals surface area contributed by atoms with Crippen LogP contribution in [0.3, 0.4) is 0 Å². The lowest BCUT2D eigenvalue weighted by Crippen LogP contribution is -2.52. The third kappa shape index (κ3) is 3.70. The summed E-state index contributed by atoms with van der Waals surface area (Å²) < 4.78 is 5.13. The molecular formula is C25H29NO4. The van der Waals surface area contributed by atoms with Crippen molar-refractivity contribution in [1.82, 2.24) is 4.90 Å². The van der Waals surface area contributed by atoms with Crippen LogP contribution in [0.5, 0.6) is 0 Å². The van der Waals surface area contributed by atoms with Crippen molar-refractivity contribution in [3.63, 3.8) is 0 Å². The lowest BCUT2D eigenvalue weighted by atomic mass is 9.62. The largest absolute Gasteiger partial charge is 0.380 e. The Bertz CT molecular complexity index is 912. The van der Waals surface area contributed by atoms with Gasteiger partial charge in [-0.05, 0) is 67.9 Å². The number of hydrogen-bond donors (Lipinski definition) is 0. The van der Waals surface area contributed by atoms with Gasteiger partial charge >= 0.3 is 0 Å². The summed E-state index contributed by atoms with van der Waals surface area (Å²) in [5.74, 6) is 5.50. The first-order valence-corrected chi connectivity index (χ1v) is 10.8. The number of benzene rings is 1. The van der Waals surface area contributed by atoms with Crippen LogP contribution in [0.1, 0.15) is 60.8 Å². The Balaban J connectivity index is 1.49. The minimum atomic E-state index is -0.661. The van der Waals surface area contributed by atoms with Gasteiger partial charge in [0.1, 0.15) is 17.5 Å². The fourth-order valence-electron chi connectivity index (χ4n) is 5.35. The minimum absolute atomic E-state index is 0.00984. The van der Waals surface area contributed by atoms with Crippen molar-refractivity contribution < 1.29 is 19.1 Å². The number of carbonyl (C=O) groups excluding carboxylic acids is 3. The van der Waals surface area contributed by atoms with Crippen molar-refractivity contribution in [2.45, 2.75) is 52.4 Å². The molecule has 0 radical (unpaired) electrons. The molecule has 1 saturated carbocycles. The smallest absolute Gasteiger partial charge is 0.230 e. The van der Waals surface area contributed by atoms with E-state index in [1.165, 1.54) is 0 Å². The molecule has 1 aliphatic carbocycles. The van der Waals surface area contributed by atoms with Crippen LogP contribution in [0.15, 0.2) is 12.1 Å². The first-order valence-electron chi connectivity index (χ1n) is 10.8. The van der Waals surface area contributed by atoms with Gasteiger partial charge in [0, 0.05) is 31.5 Å². The van der Waals surface area contributed by atoms with Crippen LogP contribution in [0.2, 0.25) is 0 Å². The normalized spacial score (nSPS) is 21.9. The van der Waals surface area contributed by atoms with Crippen LogP contribution < -0.4 is 0 Å². The van der Waals surface area contributed by atoms with Gasteiger partial charge in [0.2, 0.25) is 5.91 Å². The molecule has 2 saturated heterocycles. The standard InChI is InChI=1S/C25H29NO4/c1-4-5-18-10-16(2)22(17(3)11-18)23-20(27)12-25(13-21(23)28)6-8-26(9-7-25)24(29)19-14-30-15-19/h10-11,19,23H,6-9,12-15H2,1-3H3. The third-order valence-electron chi connectivity index (χ3n) is 7.02. The molecule has 0 bridgehead atoms. The lowest BCUT2D eigenvalue weighted by molar-refractivity contribution is -0.153. The summed E-state index contributed by atoms with van der Waals surface area (Å²) in [7, 11) is 0. The molecule has 30 heavy (non-hydrogen) atoms. The number of carbonyl (C=O) groups is 3. The molecular weight excluding hydrogens is 378 g/mol. The number of rotatable bonds is 2. The van der Waals surface area contributed by atoms with Crippen molar-refractivity contribution in [2.24, 2.45) is 11.3 Å². The van der Waals surface area contributed by atoms with Crippen molar-refractivity contribution in [1.29, 1.82) is 0 Å². The number of Topliss-reactive ketones (excluding diaryl/α,β-unsaturated/α-hetero) is 2. The zero-order valence-corrected chi connectivity index (χ0v) is 18.0. The van der Waals surface area contributed by atoms with Gasteiger partial charge in [-0.2, -0.15) is 0 Å². The van der Waals surface area contributed by atoms with Gasteiger partial charge in [0.25, 0.3) is 0 Å². The average Bonchev–Trinajstić information content (AvgIpc) is 2.62. The molecule has 3 fully saturated rings. The van der Waals surface area contributed by atoms with E-state index in [0.717, 1.165) is 35.1 Å². The maximum atomic E-state index is 13.2. The van der Waals surface area contributed by atoms with E-state index in [1.807, 2.05) is 30.9 Å². The van der Waals surface area contributed by atoms with E-state index < -0.39 is 5.92 Å². The van der Waals surface area contributed by atoms with Crippen LogP contribution >= 0.6 is 0 Å². The fourth-order valence-corrected chi connectivity index (χ4v) is 5.35. The summed E-state index contributed by atoms with van der Waals surface area (Å²) in [6, 6.07) is 3.94. The van der Waals surface area contributed by atoms with E-state index >= 15 is 0 Å². The quantitative estimate of drug-likeness (QED) is 0.559. The molecule has 2 heterocycles. The highest BCUT2D eigenvalue weighted by Crippen LogP contribution is 2.46. The van der Waals surface area contributed by atoms with Gasteiger partial charge in [0.05, 0.1) is 19.1 Å². The third-order valence-corrected chi connectivity index (χ3v) is 7.02. The Labute approximate surface area is 178 Å². The molecule has 158 valence electrons. The Morgan fingerprint density at radius 3 is 2.10 bits per heavy atom. The molecule has 1 aromatic carbocycles. The zero-order chi connectivity index (χ0) is 21.5.